The van der Waals surface area contributed by atoms with Crippen LogP contribution in [0.5, 0.6) is 0 Å². The van der Waals surface area contributed by atoms with E-state index in [0.717, 1.165) is 25.9 Å². The standard InChI is InChI=1S/C21H30F3N5O2.HI/c1-2-25-20(27-15-19(30)29-7-3-4-8-29)26-14-16-5-6-17(13-18(16)21(22,23)24)28-9-11-31-12-10-28;/h5-6,13H,2-4,7-12,14-15H2,1H3,(H2,25,26,27);1H. The molecule has 7 nitrogen and oxygen atoms in total. The van der Waals surface area contributed by atoms with Crippen LogP contribution in [-0.4, -0.2) is 69.2 Å². The summed E-state index contributed by atoms with van der Waals surface area (Å²) in [5.41, 5.74) is -0.0681. The van der Waals surface area contributed by atoms with Gasteiger partial charge in [-0.2, -0.15) is 13.2 Å². The molecule has 0 radical (unpaired) electrons. The maximum absolute atomic E-state index is 13.7. The molecule has 0 atom stereocenters. The van der Waals surface area contributed by atoms with E-state index in [1.165, 1.54) is 12.1 Å². The minimum Gasteiger partial charge on any atom is -0.378 e. The Hall–Kier alpha value is -1.76. The van der Waals surface area contributed by atoms with E-state index < -0.39 is 11.7 Å². The van der Waals surface area contributed by atoms with Crippen LogP contribution < -0.4 is 15.5 Å². The van der Waals surface area contributed by atoms with Crippen LogP contribution in [0.25, 0.3) is 0 Å². The number of morpholine rings is 1. The fraction of sp³-hybridized carbons (Fsp3) is 0.619. The smallest absolute Gasteiger partial charge is 0.378 e. The minimum absolute atomic E-state index is 0. The predicted molar refractivity (Wildman–Crippen MR) is 129 cm³/mol. The van der Waals surface area contributed by atoms with Crippen molar-refractivity contribution in [1.82, 2.24) is 15.5 Å². The van der Waals surface area contributed by atoms with Crippen molar-refractivity contribution in [2.24, 2.45) is 4.99 Å². The topological polar surface area (TPSA) is 69.2 Å². The van der Waals surface area contributed by atoms with Crippen molar-refractivity contribution >= 4 is 41.5 Å². The molecule has 2 N–H and O–H groups in total. The highest BCUT2D eigenvalue weighted by molar-refractivity contribution is 14.0. The number of anilines is 1. The lowest BCUT2D eigenvalue weighted by Gasteiger charge is -2.29. The van der Waals surface area contributed by atoms with Crippen molar-refractivity contribution in [2.45, 2.75) is 32.5 Å². The Bertz CT molecular complexity index is 779. The predicted octanol–water partition coefficient (Wildman–Crippen LogP) is 2.84. The van der Waals surface area contributed by atoms with Gasteiger partial charge in [0.15, 0.2) is 5.96 Å². The third kappa shape index (κ3) is 7.39. The van der Waals surface area contributed by atoms with Crippen LogP contribution in [0.1, 0.15) is 30.9 Å². The molecule has 3 rings (SSSR count). The number of carbonyl (C=O) groups excluding carboxylic acids is 1. The summed E-state index contributed by atoms with van der Waals surface area (Å²) in [6, 6.07) is 4.37. The van der Waals surface area contributed by atoms with E-state index in [1.54, 1.807) is 11.0 Å². The minimum atomic E-state index is -4.48. The molecule has 1 aromatic carbocycles. The lowest BCUT2D eigenvalue weighted by Crippen LogP contribution is -2.44. The Morgan fingerprint density at radius 2 is 1.81 bits per heavy atom. The van der Waals surface area contributed by atoms with Gasteiger partial charge < -0.3 is 25.2 Å². The Kier molecular flexibility index (Phi) is 10.3. The quantitative estimate of drug-likeness (QED) is 0.314. The first kappa shape index (κ1) is 26.5. The summed E-state index contributed by atoms with van der Waals surface area (Å²) >= 11 is 0. The number of benzene rings is 1. The molecular weight excluding hydrogens is 538 g/mol. The number of nitrogens with zero attached hydrogens (tertiary/aromatic N) is 3. The zero-order valence-corrected chi connectivity index (χ0v) is 20.5. The monoisotopic (exact) mass is 569 g/mol. The second-order valence-corrected chi connectivity index (χ2v) is 7.58. The van der Waals surface area contributed by atoms with E-state index in [9.17, 15) is 18.0 Å². The zero-order chi connectivity index (χ0) is 22.3. The Morgan fingerprint density at radius 3 is 2.44 bits per heavy atom. The number of alkyl halides is 3. The molecule has 0 spiro atoms. The van der Waals surface area contributed by atoms with Gasteiger partial charge in [-0.3, -0.25) is 4.79 Å². The normalized spacial score (nSPS) is 17.2. The first-order valence-electron chi connectivity index (χ1n) is 10.7. The number of amides is 1. The van der Waals surface area contributed by atoms with Gasteiger partial charge in [0.1, 0.15) is 0 Å². The molecule has 0 saturated carbocycles. The van der Waals surface area contributed by atoms with Crippen LogP contribution in [0, 0.1) is 0 Å². The molecule has 2 aliphatic heterocycles. The Labute approximate surface area is 203 Å². The Morgan fingerprint density at radius 1 is 1.12 bits per heavy atom. The fourth-order valence-electron chi connectivity index (χ4n) is 3.73. The summed E-state index contributed by atoms with van der Waals surface area (Å²) in [4.78, 5) is 20.2. The van der Waals surface area contributed by atoms with Crippen LogP contribution in [-0.2, 0) is 22.3 Å². The van der Waals surface area contributed by atoms with Crippen molar-refractivity contribution in [3.63, 3.8) is 0 Å². The average molecular weight is 569 g/mol. The van der Waals surface area contributed by atoms with Gasteiger partial charge in [0, 0.05) is 38.4 Å². The number of carbonyl (C=O) groups is 1. The molecule has 0 bridgehead atoms. The second kappa shape index (κ2) is 12.5. The number of likely N-dealkylation sites (tertiary alicyclic amines) is 1. The maximum Gasteiger partial charge on any atom is 0.416 e. The number of ether oxygens (including phenoxy) is 1. The third-order valence-corrected chi connectivity index (χ3v) is 5.39. The highest BCUT2D eigenvalue weighted by Crippen LogP contribution is 2.35. The van der Waals surface area contributed by atoms with Gasteiger partial charge in [-0.25, -0.2) is 4.99 Å². The van der Waals surface area contributed by atoms with Gasteiger partial charge >= 0.3 is 6.18 Å². The number of hydrogen-bond donors (Lipinski definition) is 2. The van der Waals surface area contributed by atoms with Gasteiger partial charge in [0.2, 0.25) is 5.91 Å². The summed E-state index contributed by atoms with van der Waals surface area (Å²) in [5.74, 6) is 0.286. The van der Waals surface area contributed by atoms with Crippen molar-refractivity contribution in [2.75, 3.05) is 57.4 Å². The second-order valence-electron chi connectivity index (χ2n) is 7.58. The van der Waals surface area contributed by atoms with Crippen LogP contribution in [0.2, 0.25) is 0 Å². The number of aliphatic imine (C=N–C) groups is 1. The van der Waals surface area contributed by atoms with Gasteiger partial charge in [0.25, 0.3) is 0 Å². The molecule has 1 aromatic rings. The van der Waals surface area contributed by atoms with Gasteiger partial charge in [-0.15, -0.1) is 24.0 Å². The molecule has 2 heterocycles. The van der Waals surface area contributed by atoms with Crippen LogP contribution in [0.3, 0.4) is 0 Å². The molecule has 0 aliphatic carbocycles. The summed E-state index contributed by atoms with van der Waals surface area (Å²) in [6.07, 6.45) is -2.48. The summed E-state index contributed by atoms with van der Waals surface area (Å²) in [6.45, 7) is 5.94. The summed E-state index contributed by atoms with van der Waals surface area (Å²) in [5, 5.41) is 5.92. The fourth-order valence-corrected chi connectivity index (χ4v) is 3.73. The van der Waals surface area contributed by atoms with Crippen molar-refractivity contribution in [3.05, 3.63) is 29.3 Å². The first-order chi connectivity index (χ1) is 14.9. The van der Waals surface area contributed by atoms with E-state index in [2.05, 4.69) is 15.6 Å². The van der Waals surface area contributed by atoms with Gasteiger partial charge in [-0.05, 0) is 37.5 Å². The number of guanidine groups is 1. The van der Waals surface area contributed by atoms with Crippen LogP contribution >= 0.6 is 24.0 Å². The first-order valence-corrected chi connectivity index (χ1v) is 10.7. The Balaban J connectivity index is 0.00000363. The lowest BCUT2D eigenvalue weighted by atomic mass is 10.1. The van der Waals surface area contributed by atoms with Crippen LogP contribution in [0.4, 0.5) is 18.9 Å². The molecule has 1 amide bonds. The van der Waals surface area contributed by atoms with E-state index in [-0.39, 0.29) is 48.5 Å². The summed E-state index contributed by atoms with van der Waals surface area (Å²) in [7, 11) is 0. The van der Waals surface area contributed by atoms with E-state index in [4.69, 9.17) is 4.74 Å². The molecule has 0 aromatic heterocycles. The number of rotatable bonds is 6. The summed E-state index contributed by atoms with van der Waals surface area (Å²) < 4.78 is 46.4. The van der Waals surface area contributed by atoms with Gasteiger partial charge in [-0.1, -0.05) is 6.07 Å². The molecule has 2 saturated heterocycles. The number of halogens is 4. The number of nitrogens with one attached hydrogen (secondary N) is 2. The zero-order valence-electron chi connectivity index (χ0n) is 18.2. The van der Waals surface area contributed by atoms with Gasteiger partial charge in [0.05, 0.1) is 31.9 Å². The largest absolute Gasteiger partial charge is 0.416 e. The van der Waals surface area contributed by atoms with Crippen molar-refractivity contribution < 1.29 is 22.7 Å². The molecule has 0 unspecified atom stereocenters. The van der Waals surface area contributed by atoms with E-state index in [0.29, 0.717) is 44.5 Å². The molecule has 2 aliphatic rings. The van der Waals surface area contributed by atoms with Crippen LogP contribution in [0.15, 0.2) is 23.2 Å². The lowest BCUT2D eigenvalue weighted by molar-refractivity contribution is -0.138. The highest BCUT2D eigenvalue weighted by Gasteiger charge is 2.34. The molecular formula is C21H31F3IN5O2. The number of hydrogen-bond acceptors (Lipinski definition) is 4. The highest BCUT2D eigenvalue weighted by atomic mass is 127. The molecule has 2 fully saturated rings. The molecule has 32 heavy (non-hydrogen) atoms. The average Bonchev–Trinajstić information content (AvgIpc) is 3.30. The SMILES string of the molecule is CCNC(=NCc1ccc(N2CCOCC2)cc1C(F)(F)F)NCC(=O)N1CCCC1.I. The van der Waals surface area contributed by atoms with Crippen molar-refractivity contribution in [1.29, 1.82) is 0 Å². The van der Waals surface area contributed by atoms with E-state index >= 15 is 0 Å². The molecule has 180 valence electrons. The van der Waals surface area contributed by atoms with E-state index in [1.807, 2.05) is 11.8 Å². The third-order valence-electron chi connectivity index (χ3n) is 5.39. The molecule has 11 heteroatoms. The maximum atomic E-state index is 13.7. The van der Waals surface area contributed by atoms with Crippen molar-refractivity contribution in [3.8, 4) is 0 Å².